The molecule has 0 aromatic rings. The molecule has 0 aromatic heterocycles. The lowest BCUT2D eigenvalue weighted by Gasteiger charge is -2.56. The first-order chi connectivity index (χ1) is 11.0. The summed E-state index contributed by atoms with van der Waals surface area (Å²) in [4.78, 5) is 0. The molecule has 1 heteroatoms. The molecule has 0 heterocycles. The molecule has 128 valence electrons. The lowest BCUT2D eigenvalue weighted by Crippen LogP contribution is -2.50. The molecule has 1 nitrogen and oxygen atoms in total. The van der Waals surface area contributed by atoms with Crippen molar-refractivity contribution in [1.82, 2.24) is 0 Å². The molecule has 5 aliphatic rings. The lowest BCUT2D eigenvalue weighted by atomic mass is 9.49. The zero-order valence-electron chi connectivity index (χ0n) is 15.2. The molecular formula is C22H34O. The summed E-state index contributed by atoms with van der Waals surface area (Å²) in [7, 11) is 0. The van der Waals surface area contributed by atoms with Gasteiger partial charge in [0.1, 0.15) is 0 Å². The van der Waals surface area contributed by atoms with E-state index in [9.17, 15) is 5.11 Å². The van der Waals surface area contributed by atoms with Crippen LogP contribution in [-0.2, 0) is 0 Å². The average Bonchev–Trinajstić information content (AvgIpc) is 3.12. The molecule has 0 amide bonds. The van der Waals surface area contributed by atoms with Gasteiger partial charge < -0.3 is 5.11 Å². The van der Waals surface area contributed by atoms with Crippen molar-refractivity contribution in [2.24, 2.45) is 46.8 Å². The molecule has 5 fully saturated rings. The highest BCUT2D eigenvalue weighted by Crippen LogP contribution is 2.69. The van der Waals surface area contributed by atoms with Crippen LogP contribution in [0.2, 0.25) is 0 Å². The van der Waals surface area contributed by atoms with Crippen molar-refractivity contribution in [2.45, 2.75) is 77.7 Å². The Balaban J connectivity index is 1.43. The van der Waals surface area contributed by atoms with Gasteiger partial charge >= 0.3 is 0 Å². The van der Waals surface area contributed by atoms with Gasteiger partial charge in [-0.25, -0.2) is 0 Å². The topological polar surface area (TPSA) is 20.2 Å². The minimum absolute atomic E-state index is 0.247. The fraction of sp³-hybridized carbons (Fsp3) is 0.909. The van der Waals surface area contributed by atoms with Crippen LogP contribution in [-0.4, -0.2) is 10.7 Å². The second-order valence-electron chi connectivity index (χ2n) is 10.1. The normalized spacial score (nSPS) is 62.3. The standard InChI is InChI=1S/C22H34O/c1-4-14-5-8-19-16-6-7-17-18(15(16)9-10-21(14,19)3)11-13(2)22(23)12-20(17)22/h4,13,15-20,23H,5-12H2,1-3H3/b14-4-/t13-,15+,16-,17-,18-,19+,20?,21-,22-/m1/s1. The third kappa shape index (κ3) is 1.78. The monoisotopic (exact) mass is 314 g/mol. The summed E-state index contributed by atoms with van der Waals surface area (Å²) in [5.41, 5.74) is 2.06. The second kappa shape index (κ2) is 4.65. The molecule has 5 aliphatic carbocycles. The second-order valence-corrected chi connectivity index (χ2v) is 10.1. The zero-order chi connectivity index (χ0) is 16.0. The van der Waals surface area contributed by atoms with E-state index in [0.29, 0.717) is 17.3 Å². The van der Waals surface area contributed by atoms with E-state index in [4.69, 9.17) is 0 Å². The van der Waals surface area contributed by atoms with Gasteiger partial charge in [0.25, 0.3) is 0 Å². The van der Waals surface area contributed by atoms with E-state index in [1.807, 2.05) is 0 Å². The molecule has 0 aromatic carbocycles. The summed E-state index contributed by atoms with van der Waals surface area (Å²) in [5, 5.41) is 10.8. The SMILES string of the molecule is C/C=C1/CC[C@H]2[C@@H]3CC[C@H]4C5C[C@@]5(O)[C@H](C)C[C@@H]4[C@H]3CC[C@]12C. The first-order valence-electron chi connectivity index (χ1n) is 10.4. The maximum Gasteiger partial charge on any atom is 0.0708 e. The van der Waals surface area contributed by atoms with Crippen LogP contribution in [0.1, 0.15) is 72.1 Å². The van der Waals surface area contributed by atoms with Gasteiger partial charge in [0.2, 0.25) is 0 Å². The van der Waals surface area contributed by atoms with Crippen molar-refractivity contribution < 1.29 is 5.11 Å². The molecule has 0 radical (unpaired) electrons. The molecule has 1 unspecified atom stereocenters. The predicted molar refractivity (Wildman–Crippen MR) is 93.9 cm³/mol. The molecule has 0 spiro atoms. The molecular weight excluding hydrogens is 280 g/mol. The summed E-state index contributed by atoms with van der Waals surface area (Å²) in [6.07, 6.45) is 13.5. The Bertz CT molecular complexity index is 550. The van der Waals surface area contributed by atoms with Crippen LogP contribution in [0, 0.1) is 46.8 Å². The highest BCUT2D eigenvalue weighted by Gasteiger charge is 2.67. The smallest absolute Gasteiger partial charge is 0.0708 e. The summed E-state index contributed by atoms with van der Waals surface area (Å²) >= 11 is 0. The number of hydrogen-bond donors (Lipinski definition) is 1. The number of fused-ring (bicyclic) bond motifs is 7. The fourth-order valence-corrected chi connectivity index (χ4v) is 8.35. The van der Waals surface area contributed by atoms with Crippen LogP contribution in [0.4, 0.5) is 0 Å². The van der Waals surface area contributed by atoms with Gasteiger partial charge in [-0.05, 0) is 105 Å². The van der Waals surface area contributed by atoms with Crippen LogP contribution in [0.3, 0.4) is 0 Å². The van der Waals surface area contributed by atoms with Crippen LogP contribution in [0.15, 0.2) is 11.6 Å². The van der Waals surface area contributed by atoms with E-state index in [-0.39, 0.29) is 5.60 Å². The molecule has 0 saturated heterocycles. The van der Waals surface area contributed by atoms with Crippen molar-refractivity contribution in [3.8, 4) is 0 Å². The maximum atomic E-state index is 10.8. The van der Waals surface area contributed by atoms with E-state index < -0.39 is 0 Å². The van der Waals surface area contributed by atoms with Crippen LogP contribution in [0.5, 0.6) is 0 Å². The van der Waals surface area contributed by atoms with Crippen LogP contribution >= 0.6 is 0 Å². The van der Waals surface area contributed by atoms with Crippen molar-refractivity contribution in [2.75, 3.05) is 0 Å². The number of aliphatic hydroxyl groups is 1. The van der Waals surface area contributed by atoms with E-state index >= 15 is 0 Å². The van der Waals surface area contributed by atoms with Crippen molar-refractivity contribution >= 4 is 0 Å². The van der Waals surface area contributed by atoms with Crippen LogP contribution in [0.25, 0.3) is 0 Å². The average molecular weight is 315 g/mol. The third-order valence-electron chi connectivity index (χ3n) is 9.65. The van der Waals surface area contributed by atoms with Gasteiger partial charge in [-0.2, -0.15) is 0 Å². The molecule has 5 saturated carbocycles. The van der Waals surface area contributed by atoms with E-state index in [1.54, 1.807) is 5.57 Å². The molecule has 0 bridgehead atoms. The minimum atomic E-state index is -0.247. The highest BCUT2D eigenvalue weighted by molar-refractivity contribution is 5.24. The molecule has 23 heavy (non-hydrogen) atoms. The van der Waals surface area contributed by atoms with Gasteiger partial charge in [-0.1, -0.05) is 25.5 Å². The summed E-state index contributed by atoms with van der Waals surface area (Å²) in [5.74, 6) is 5.96. The van der Waals surface area contributed by atoms with Crippen molar-refractivity contribution in [1.29, 1.82) is 0 Å². The number of hydrogen-bond acceptors (Lipinski definition) is 1. The first kappa shape index (κ1) is 15.0. The quantitative estimate of drug-likeness (QED) is 0.610. The summed E-state index contributed by atoms with van der Waals surface area (Å²) in [6.45, 7) is 7.19. The molecule has 5 rings (SSSR count). The minimum Gasteiger partial charge on any atom is -0.389 e. The van der Waals surface area contributed by atoms with Crippen LogP contribution < -0.4 is 0 Å². The van der Waals surface area contributed by atoms with E-state index in [2.05, 4.69) is 26.8 Å². The zero-order valence-corrected chi connectivity index (χ0v) is 15.2. The van der Waals surface area contributed by atoms with Gasteiger partial charge in [-0.3, -0.25) is 0 Å². The molecule has 0 aliphatic heterocycles. The predicted octanol–water partition coefficient (Wildman–Crippen LogP) is 5.19. The number of rotatable bonds is 0. The Morgan fingerprint density at radius 3 is 2.48 bits per heavy atom. The number of allylic oxidation sites excluding steroid dienone is 2. The summed E-state index contributed by atoms with van der Waals surface area (Å²) in [6, 6.07) is 0. The van der Waals surface area contributed by atoms with Gasteiger partial charge in [0.15, 0.2) is 0 Å². The van der Waals surface area contributed by atoms with Gasteiger partial charge in [0.05, 0.1) is 5.60 Å². The molecule has 1 N–H and O–H groups in total. The fourth-order valence-electron chi connectivity index (χ4n) is 8.35. The molecule has 9 atom stereocenters. The van der Waals surface area contributed by atoms with Crippen molar-refractivity contribution in [3.05, 3.63) is 11.6 Å². The third-order valence-corrected chi connectivity index (χ3v) is 9.65. The summed E-state index contributed by atoms with van der Waals surface area (Å²) < 4.78 is 0. The largest absolute Gasteiger partial charge is 0.389 e. The van der Waals surface area contributed by atoms with Gasteiger partial charge in [0, 0.05) is 0 Å². The lowest BCUT2D eigenvalue weighted by molar-refractivity contribution is -0.0819. The Morgan fingerprint density at radius 1 is 1.00 bits per heavy atom. The Kier molecular flexibility index (Phi) is 3.03. The van der Waals surface area contributed by atoms with Crippen molar-refractivity contribution in [3.63, 3.8) is 0 Å². The highest BCUT2D eigenvalue weighted by atomic mass is 16.3. The van der Waals surface area contributed by atoms with E-state index in [0.717, 1.165) is 36.0 Å². The van der Waals surface area contributed by atoms with E-state index in [1.165, 1.54) is 44.9 Å². The Hall–Kier alpha value is -0.300. The first-order valence-corrected chi connectivity index (χ1v) is 10.4. The maximum absolute atomic E-state index is 10.8. The van der Waals surface area contributed by atoms with Gasteiger partial charge in [-0.15, -0.1) is 0 Å². The Labute approximate surface area is 141 Å². The Morgan fingerprint density at radius 2 is 1.74 bits per heavy atom.